The van der Waals surface area contributed by atoms with Gasteiger partial charge in [-0.05, 0) is 19.4 Å². The Kier molecular flexibility index (Phi) is 5.05. The molecule has 15 heavy (non-hydrogen) atoms. The Morgan fingerprint density at radius 2 is 2.33 bits per heavy atom. The van der Waals surface area contributed by atoms with Crippen LogP contribution in [0.3, 0.4) is 0 Å². The number of carbonyl (C=O) groups is 1. The van der Waals surface area contributed by atoms with Gasteiger partial charge in [0.2, 0.25) is 5.91 Å². The molecule has 0 aromatic rings. The fourth-order valence-electron chi connectivity index (χ4n) is 1.70. The first-order valence-corrected chi connectivity index (χ1v) is 5.80. The SMILES string of the molecule is CC(C)CCNC(=O)C1CNCCN1C. The minimum absolute atomic E-state index is 0.00547. The number of nitrogens with one attached hydrogen (secondary N) is 2. The summed E-state index contributed by atoms with van der Waals surface area (Å²) >= 11 is 0. The molecule has 1 amide bonds. The zero-order valence-electron chi connectivity index (χ0n) is 10.0. The van der Waals surface area contributed by atoms with Gasteiger partial charge in [-0.1, -0.05) is 13.8 Å². The molecule has 2 N–H and O–H groups in total. The highest BCUT2D eigenvalue weighted by Crippen LogP contribution is 2.01. The van der Waals surface area contributed by atoms with Crippen molar-refractivity contribution in [3.05, 3.63) is 0 Å². The molecule has 88 valence electrons. The molecule has 0 bridgehead atoms. The van der Waals surface area contributed by atoms with Gasteiger partial charge < -0.3 is 10.6 Å². The highest BCUT2D eigenvalue weighted by Gasteiger charge is 2.24. The lowest BCUT2D eigenvalue weighted by atomic mass is 10.1. The zero-order valence-corrected chi connectivity index (χ0v) is 10.0. The molecule has 1 heterocycles. The van der Waals surface area contributed by atoms with Crippen LogP contribution >= 0.6 is 0 Å². The number of hydrogen-bond acceptors (Lipinski definition) is 3. The van der Waals surface area contributed by atoms with Crippen LogP contribution in [0.15, 0.2) is 0 Å². The van der Waals surface area contributed by atoms with Crippen LogP contribution in [0.4, 0.5) is 0 Å². The third-order valence-electron chi connectivity index (χ3n) is 2.83. The lowest BCUT2D eigenvalue weighted by Crippen LogP contribution is -2.56. The lowest BCUT2D eigenvalue weighted by Gasteiger charge is -2.31. The van der Waals surface area contributed by atoms with Crippen LogP contribution in [0.25, 0.3) is 0 Å². The van der Waals surface area contributed by atoms with Gasteiger partial charge in [0.1, 0.15) is 6.04 Å². The summed E-state index contributed by atoms with van der Waals surface area (Å²) in [5, 5.41) is 6.24. The summed E-state index contributed by atoms with van der Waals surface area (Å²) in [6.07, 6.45) is 1.05. The van der Waals surface area contributed by atoms with Crippen molar-refractivity contribution >= 4 is 5.91 Å². The number of piperazine rings is 1. The van der Waals surface area contributed by atoms with Gasteiger partial charge in [0, 0.05) is 26.2 Å². The predicted molar refractivity (Wildman–Crippen MR) is 61.8 cm³/mol. The number of nitrogens with zero attached hydrogens (tertiary/aromatic N) is 1. The Morgan fingerprint density at radius 1 is 1.60 bits per heavy atom. The van der Waals surface area contributed by atoms with Crippen molar-refractivity contribution in [3.63, 3.8) is 0 Å². The van der Waals surface area contributed by atoms with Crippen molar-refractivity contribution in [1.82, 2.24) is 15.5 Å². The average Bonchev–Trinajstić information content (AvgIpc) is 2.17. The van der Waals surface area contributed by atoms with E-state index in [1.165, 1.54) is 0 Å². The molecule has 1 aliphatic heterocycles. The fraction of sp³-hybridized carbons (Fsp3) is 0.909. The number of likely N-dealkylation sites (N-methyl/N-ethyl adjacent to an activating group) is 1. The van der Waals surface area contributed by atoms with E-state index in [4.69, 9.17) is 0 Å². The van der Waals surface area contributed by atoms with Gasteiger partial charge in [-0.3, -0.25) is 9.69 Å². The smallest absolute Gasteiger partial charge is 0.238 e. The highest BCUT2D eigenvalue weighted by molar-refractivity contribution is 5.82. The third kappa shape index (κ3) is 4.18. The number of rotatable bonds is 4. The molecule has 0 radical (unpaired) electrons. The van der Waals surface area contributed by atoms with Crippen molar-refractivity contribution in [2.45, 2.75) is 26.3 Å². The number of carbonyl (C=O) groups excluding carboxylic acids is 1. The van der Waals surface area contributed by atoms with E-state index in [2.05, 4.69) is 29.4 Å². The summed E-state index contributed by atoms with van der Waals surface area (Å²) in [7, 11) is 2.01. The average molecular weight is 213 g/mol. The van der Waals surface area contributed by atoms with Gasteiger partial charge >= 0.3 is 0 Å². The second-order valence-electron chi connectivity index (χ2n) is 4.67. The summed E-state index contributed by atoms with van der Waals surface area (Å²) in [5.41, 5.74) is 0. The van der Waals surface area contributed by atoms with E-state index in [1.54, 1.807) is 0 Å². The monoisotopic (exact) mass is 213 g/mol. The molecule has 0 aromatic carbocycles. The summed E-state index contributed by atoms with van der Waals surface area (Å²) in [4.78, 5) is 13.9. The maximum absolute atomic E-state index is 11.8. The van der Waals surface area contributed by atoms with Gasteiger partial charge in [0.15, 0.2) is 0 Å². The second kappa shape index (κ2) is 6.08. The second-order valence-corrected chi connectivity index (χ2v) is 4.67. The molecule has 1 atom stereocenters. The summed E-state index contributed by atoms with van der Waals surface area (Å²) in [5.74, 6) is 0.804. The Bertz CT molecular complexity index is 206. The molecule has 1 saturated heterocycles. The van der Waals surface area contributed by atoms with Gasteiger partial charge in [-0.25, -0.2) is 0 Å². The van der Waals surface area contributed by atoms with Crippen LogP contribution in [-0.4, -0.2) is 50.1 Å². The molecule has 1 fully saturated rings. The minimum Gasteiger partial charge on any atom is -0.355 e. The molecule has 0 aromatic heterocycles. The van der Waals surface area contributed by atoms with E-state index >= 15 is 0 Å². The van der Waals surface area contributed by atoms with E-state index in [-0.39, 0.29) is 11.9 Å². The Morgan fingerprint density at radius 3 is 2.93 bits per heavy atom. The molecule has 1 aliphatic rings. The van der Waals surface area contributed by atoms with Crippen molar-refractivity contribution in [2.75, 3.05) is 33.2 Å². The normalized spacial score (nSPS) is 23.1. The maximum atomic E-state index is 11.8. The first-order valence-electron chi connectivity index (χ1n) is 5.80. The molecule has 4 nitrogen and oxygen atoms in total. The van der Waals surface area contributed by atoms with E-state index in [0.29, 0.717) is 5.92 Å². The molecular formula is C11H23N3O. The van der Waals surface area contributed by atoms with Crippen molar-refractivity contribution in [3.8, 4) is 0 Å². The first-order chi connectivity index (χ1) is 7.11. The van der Waals surface area contributed by atoms with E-state index in [9.17, 15) is 4.79 Å². The molecule has 4 heteroatoms. The van der Waals surface area contributed by atoms with E-state index < -0.39 is 0 Å². The van der Waals surface area contributed by atoms with Gasteiger partial charge in [0.25, 0.3) is 0 Å². The fourth-order valence-corrected chi connectivity index (χ4v) is 1.70. The third-order valence-corrected chi connectivity index (χ3v) is 2.83. The number of amides is 1. The quantitative estimate of drug-likeness (QED) is 0.694. The molecule has 0 spiro atoms. The van der Waals surface area contributed by atoms with Crippen molar-refractivity contribution in [2.24, 2.45) is 5.92 Å². The Hall–Kier alpha value is -0.610. The van der Waals surface area contributed by atoms with Gasteiger partial charge in [-0.2, -0.15) is 0 Å². The van der Waals surface area contributed by atoms with Crippen molar-refractivity contribution in [1.29, 1.82) is 0 Å². The van der Waals surface area contributed by atoms with Gasteiger partial charge in [0.05, 0.1) is 0 Å². The minimum atomic E-state index is 0.00547. The molecule has 0 aliphatic carbocycles. The van der Waals surface area contributed by atoms with E-state index in [1.807, 2.05) is 7.05 Å². The van der Waals surface area contributed by atoms with Crippen LogP contribution < -0.4 is 10.6 Å². The molecular weight excluding hydrogens is 190 g/mol. The van der Waals surface area contributed by atoms with Crippen LogP contribution in [0.2, 0.25) is 0 Å². The van der Waals surface area contributed by atoms with Gasteiger partial charge in [-0.15, -0.1) is 0 Å². The molecule has 1 unspecified atom stereocenters. The predicted octanol–water partition coefficient (Wildman–Crippen LogP) is 0.0523. The van der Waals surface area contributed by atoms with Crippen LogP contribution in [-0.2, 0) is 4.79 Å². The molecule has 0 saturated carbocycles. The maximum Gasteiger partial charge on any atom is 0.238 e. The van der Waals surface area contributed by atoms with Crippen molar-refractivity contribution < 1.29 is 4.79 Å². The van der Waals surface area contributed by atoms with Crippen LogP contribution in [0.1, 0.15) is 20.3 Å². The van der Waals surface area contributed by atoms with Crippen LogP contribution in [0, 0.1) is 5.92 Å². The van der Waals surface area contributed by atoms with Crippen LogP contribution in [0.5, 0.6) is 0 Å². The standard InChI is InChI=1S/C11H23N3O/c1-9(2)4-5-13-11(15)10-8-12-6-7-14(10)3/h9-10,12H,4-8H2,1-3H3,(H,13,15). The molecule has 1 rings (SSSR count). The van der Waals surface area contributed by atoms with E-state index in [0.717, 1.165) is 32.6 Å². The summed E-state index contributed by atoms with van der Waals surface area (Å²) < 4.78 is 0. The lowest BCUT2D eigenvalue weighted by molar-refractivity contribution is -0.126. The summed E-state index contributed by atoms with van der Waals surface area (Å²) in [6, 6.07) is 0.00547. The Labute approximate surface area is 92.4 Å². The first kappa shape index (κ1) is 12.5. The Balaban J connectivity index is 2.26. The largest absolute Gasteiger partial charge is 0.355 e. The zero-order chi connectivity index (χ0) is 11.3. The topological polar surface area (TPSA) is 44.4 Å². The highest BCUT2D eigenvalue weighted by atomic mass is 16.2. The summed E-state index contributed by atoms with van der Waals surface area (Å²) in [6.45, 7) is 7.82. The number of hydrogen-bond donors (Lipinski definition) is 2.